The molecule has 1 unspecified atom stereocenters. The van der Waals surface area contributed by atoms with E-state index < -0.39 is 11.6 Å². The van der Waals surface area contributed by atoms with Gasteiger partial charge in [0.05, 0.1) is 0 Å². The highest BCUT2D eigenvalue weighted by Gasteiger charge is 2.49. The lowest BCUT2D eigenvalue weighted by molar-refractivity contribution is -0.157. The molecule has 1 fully saturated rings. The van der Waals surface area contributed by atoms with E-state index in [1.807, 2.05) is 27.7 Å². The van der Waals surface area contributed by atoms with Crippen molar-refractivity contribution >= 4 is 11.8 Å². The molecule has 2 amide bonds. The Kier molecular flexibility index (Phi) is 4.99. The molecule has 0 aromatic rings. The Labute approximate surface area is 115 Å². The van der Waals surface area contributed by atoms with Crippen LogP contribution in [0.25, 0.3) is 0 Å². The van der Waals surface area contributed by atoms with Crippen LogP contribution in [0.4, 0.5) is 0 Å². The first kappa shape index (κ1) is 15.6. The van der Waals surface area contributed by atoms with Gasteiger partial charge in [-0.15, -0.1) is 12.3 Å². The van der Waals surface area contributed by atoms with Gasteiger partial charge in [-0.05, 0) is 18.8 Å². The first-order valence-corrected chi connectivity index (χ1v) is 7.00. The summed E-state index contributed by atoms with van der Waals surface area (Å²) >= 11 is 0. The summed E-state index contributed by atoms with van der Waals surface area (Å²) in [6, 6.07) is -0.410. The monoisotopic (exact) mass is 264 g/mol. The second-order valence-electron chi connectivity index (χ2n) is 5.42. The van der Waals surface area contributed by atoms with Gasteiger partial charge in [0.25, 0.3) is 0 Å². The van der Waals surface area contributed by atoms with Gasteiger partial charge >= 0.3 is 0 Å². The zero-order chi connectivity index (χ0) is 14.6. The Bertz CT molecular complexity index is 391. The van der Waals surface area contributed by atoms with Gasteiger partial charge in [-0.2, -0.15) is 0 Å². The van der Waals surface area contributed by atoms with Gasteiger partial charge in [0.15, 0.2) is 0 Å². The third-order valence-electron chi connectivity index (χ3n) is 3.97. The summed E-state index contributed by atoms with van der Waals surface area (Å²) in [6.07, 6.45) is 6.97. The number of terminal acetylenes is 1. The molecule has 0 spiro atoms. The van der Waals surface area contributed by atoms with Gasteiger partial charge in [0.2, 0.25) is 11.8 Å². The second-order valence-corrected chi connectivity index (χ2v) is 5.42. The van der Waals surface area contributed by atoms with Crippen molar-refractivity contribution in [2.75, 3.05) is 6.54 Å². The van der Waals surface area contributed by atoms with Crippen LogP contribution in [0.3, 0.4) is 0 Å². The number of carbonyl (C=O) groups excluding carboxylic acids is 2. The van der Waals surface area contributed by atoms with Crippen LogP contribution in [0.5, 0.6) is 0 Å². The number of carbonyl (C=O) groups is 2. The van der Waals surface area contributed by atoms with Gasteiger partial charge in [-0.1, -0.05) is 27.7 Å². The first-order chi connectivity index (χ1) is 8.93. The largest absolute Gasteiger partial charge is 0.340 e. The van der Waals surface area contributed by atoms with E-state index in [1.54, 1.807) is 4.90 Å². The Morgan fingerprint density at radius 3 is 2.37 bits per heavy atom. The predicted octanol–water partition coefficient (Wildman–Crippen LogP) is 1.55. The molecule has 0 aromatic carbocycles. The minimum absolute atomic E-state index is 0.00560. The van der Waals surface area contributed by atoms with Gasteiger partial charge in [0, 0.05) is 13.0 Å². The van der Waals surface area contributed by atoms with Crippen molar-refractivity contribution < 1.29 is 9.59 Å². The van der Waals surface area contributed by atoms with Gasteiger partial charge in [-0.25, -0.2) is 0 Å². The summed E-state index contributed by atoms with van der Waals surface area (Å²) in [5.41, 5.74) is -0.753. The smallest absolute Gasteiger partial charge is 0.249 e. The fourth-order valence-corrected chi connectivity index (χ4v) is 2.72. The van der Waals surface area contributed by atoms with Crippen molar-refractivity contribution in [2.24, 2.45) is 5.92 Å². The van der Waals surface area contributed by atoms with Crippen molar-refractivity contribution in [3.63, 3.8) is 0 Å². The van der Waals surface area contributed by atoms with E-state index in [0.717, 1.165) is 0 Å². The second kappa shape index (κ2) is 6.10. The number of hydrogen-bond acceptors (Lipinski definition) is 2. The molecule has 1 aliphatic heterocycles. The highest BCUT2D eigenvalue weighted by molar-refractivity contribution is 5.99. The molecule has 1 aliphatic rings. The average Bonchev–Trinajstić information content (AvgIpc) is 2.38. The molecule has 0 aromatic heterocycles. The minimum atomic E-state index is -0.753. The van der Waals surface area contributed by atoms with Crippen LogP contribution in [0, 0.1) is 18.3 Å². The maximum Gasteiger partial charge on any atom is 0.249 e. The topological polar surface area (TPSA) is 49.4 Å². The maximum atomic E-state index is 12.7. The summed E-state index contributed by atoms with van der Waals surface area (Å²) in [5, 5.41) is 2.94. The van der Waals surface area contributed by atoms with Crippen LogP contribution in [0.1, 0.15) is 47.0 Å². The van der Waals surface area contributed by atoms with Crippen molar-refractivity contribution in [1.29, 1.82) is 0 Å². The molecule has 4 nitrogen and oxygen atoms in total. The molecule has 1 rings (SSSR count). The molecule has 1 atom stereocenters. The van der Waals surface area contributed by atoms with Crippen molar-refractivity contribution in [2.45, 2.75) is 58.5 Å². The lowest BCUT2D eigenvalue weighted by Crippen LogP contribution is -2.71. The summed E-state index contributed by atoms with van der Waals surface area (Å²) in [7, 11) is 0. The highest BCUT2D eigenvalue weighted by atomic mass is 16.2. The van der Waals surface area contributed by atoms with Crippen LogP contribution >= 0.6 is 0 Å². The lowest BCUT2D eigenvalue weighted by Gasteiger charge is -2.46. The predicted molar refractivity (Wildman–Crippen MR) is 75.2 cm³/mol. The fourth-order valence-electron chi connectivity index (χ4n) is 2.72. The third-order valence-corrected chi connectivity index (χ3v) is 3.97. The molecule has 19 heavy (non-hydrogen) atoms. The number of rotatable bonds is 5. The quantitative estimate of drug-likeness (QED) is 0.766. The van der Waals surface area contributed by atoms with Crippen LogP contribution in [0.2, 0.25) is 0 Å². The SMILES string of the molecule is C#CCCN1C(=O)C(CC)(CC)NC(=O)C1C(C)C. The Morgan fingerprint density at radius 2 is 1.95 bits per heavy atom. The van der Waals surface area contributed by atoms with Crippen molar-refractivity contribution in [3.05, 3.63) is 0 Å². The molecule has 4 heteroatoms. The van der Waals surface area contributed by atoms with E-state index in [0.29, 0.717) is 25.8 Å². The molecular formula is C15H24N2O2. The number of nitrogens with one attached hydrogen (secondary N) is 1. The lowest BCUT2D eigenvalue weighted by atomic mass is 9.85. The van der Waals surface area contributed by atoms with E-state index in [1.165, 1.54) is 0 Å². The van der Waals surface area contributed by atoms with E-state index in [2.05, 4.69) is 11.2 Å². The zero-order valence-corrected chi connectivity index (χ0v) is 12.3. The highest BCUT2D eigenvalue weighted by Crippen LogP contribution is 2.27. The summed E-state index contributed by atoms with van der Waals surface area (Å²) in [5.74, 6) is 2.57. The minimum Gasteiger partial charge on any atom is -0.340 e. The van der Waals surface area contributed by atoms with Gasteiger partial charge in [0.1, 0.15) is 11.6 Å². The van der Waals surface area contributed by atoms with Crippen LogP contribution in [-0.4, -0.2) is 34.8 Å². The van der Waals surface area contributed by atoms with Crippen molar-refractivity contribution in [3.8, 4) is 12.3 Å². The standard InChI is InChI=1S/C15H24N2O2/c1-6-9-10-17-12(11(4)5)13(18)16-15(7-2,8-3)14(17)19/h1,11-12H,7-10H2,2-5H3,(H,16,18). The molecule has 106 valence electrons. The molecule has 0 bridgehead atoms. The molecule has 0 radical (unpaired) electrons. The number of nitrogens with zero attached hydrogens (tertiary/aromatic N) is 1. The normalized spacial score (nSPS) is 22.3. The zero-order valence-electron chi connectivity index (χ0n) is 12.3. The number of piperazine rings is 1. The molecule has 1 saturated heterocycles. The Morgan fingerprint density at radius 1 is 1.37 bits per heavy atom. The molecule has 0 aliphatic carbocycles. The Balaban J connectivity index is 3.12. The van der Waals surface area contributed by atoms with Crippen molar-refractivity contribution in [1.82, 2.24) is 10.2 Å². The van der Waals surface area contributed by atoms with E-state index >= 15 is 0 Å². The Hall–Kier alpha value is -1.50. The average molecular weight is 264 g/mol. The number of amides is 2. The third kappa shape index (κ3) is 2.75. The number of hydrogen-bond donors (Lipinski definition) is 1. The van der Waals surface area contributed by atoms with Gasteiger partial charge < -0.3 is 10.2 Å². The molecule has 1 heterocycles. The summed E-state index contributed by atoms with van der Waals surface area (Å²) in [6.45, 7) is 8.21. The van der Waals surface area contributed by atoms with E-state index in [-0.39, 0.29) is 17.7 Å². The van der Waals surface area contributed by atoms with E-state index in [4.69, 9.17) is 6.42 Å². The van der Waals surface area contributed by atoms with Gasteiger partial charge in [-0.3, -0.25) is 9.59 Å². The van der Waals surface area contributed by atoms with Crippen LogP contribution < -0.4 is 5.32 Å². The molecule has 0 saturated carbocycles. The molecule has 1 N–H and O–H groups in total. The van der Waals surface area contributed by atoms with E-state index in [9.17, 15) is 9.59 Å². The van der Waals surface area contributed by atoms with Crippen LogP contribution in [0.15, 0.2) is 0 Å². The maximum absolute atomic E-state index is 12.7. The summed E-state index contributed by atoms with van der Waals surface area (Å²) in [4.78, 5) is 26.7. The first-order valence-electron chi connectivity index (χ1n) is 7.00. The summed E-state index contributed by atoms with van der Waals surface area (Å²) < 4.78 is 0. The fraction of sp³-hybridized carbons (Fsp3) is 0.733. The molecular weight excluding hydrogens is 240 g/mol. The van der Waals surface area contributed by atoms with Crippen LogP contribution in [-0.2, 0) is 9.59 Å².